The number of carbonyl (C=O) groups excluding carboxylic acids is 1. The molecule has 0 saturated heterocycles. The number of imidazole rings is 1. The smallest absolute Gasteiger partial charge is 0.348 e. The lowest BCUT2D eigenvalue weighted by Gasteiger charge is -2.43. The number of esters is 1. The minimum atomic E-state index is -0.678. The van der Waals surface area contributed by atoms with Crippen molar-refractivity contribution >= 4 is 29.0 Å². The van der Waals surface area contributed by atoms with E-state index < -0.39 is 22.4 Å². The maximum atomic E-state index is 12.8. The molecule has 3 rings (SSSR count). The van der Waals surface area contributed by atoms with Crippen LogP contribution in [0.3, 0.4) is 0 Å². The van der Waals surface area contributed by atoms with Gasteiger partial charge in [0.2, 0.25) is 0 Å². The number of nitrogens with one attached hydrogen (secondary N) is 1. The monoisotopic (exact) mass is 417 g/mol. The van der Waals surface area contributed by atoms with Crippen LogP contribution in [0, 0.1) is 17.0 Å². The highest BCUT2D eigenvalue weighted by Crippen LogP contribution is 2.42. The van der Waals surface area contributed by atoms with Crippen molar-refractivity contribution in [3.05, 3.63) is 52.2 Å². The van der Waals surface area contributed by atoms with Crippen LogP contribution in [0.25, 0.3) is 0 Å². The lowest BCUT2D eigenvalue weighted by molar-refractivity contribution is -0.392. The summed E-state index contributed by atoms with van der Waals surface area (Å²) in [4.78, 5) is 32.1. The van der Waals surface area contributed by atoms with Crippen LogP contribution in [0.4, 0.5) is 5.82 Å². The molecule has 0 spiro atoms. The van der Waals surface area contributed by atoms with Gasteiger partial charge in [0.15, 0.2) is 12.4 Å². The molecule has 1 fully saturated rings. The Morgan fingerprint density at radius 2 is 2.28 bits per heavy atom. The minimum absolute atomic E-state index is 0.243. The van der Waals surface area contributed by atoms with Crippen LogP contribution < -0.4 is 5.32 Å². The minimum Gasteiger partial charge on any atom is -0.458 e. The van der Waals surface area contributed by atoms with E-state index in [1.54, 1.807) is 26.4 Å². The maximum absolute atomic E-state index is 12.8. The standard InChI is InChI=1S/C19H23N5O4S/c1-13-22-11-16(24(26)27)23(13)12-17(25)28-15-7-3-4-8-19(15,18(29)20-2)14-6-5-9-21-10-14/h5-6,9-11,15H,3-4,7-8,12H2,1-2H3,(H,20,29). The van der Waals surface area contributed by atoms with Gasteiger partial charge >= 0.3 is 11.8 Å². The Bertz CT molecular complexity index is 917. The first-order chi connectivity index (χ1) is 13.9. The van der Waals surface area contributed by atoms with Crippen LogP contribution in [-0.2, 0) is 21.5 Å². The normalized spacial score (nSPS) is 21.4. The van der Waals surface area contributed by atoms with Crippen molar-refractivity contribution in [1.29, 1.82) is 0 Å². The zero-order chi connectivity index (χ0) is 21.0. The highest BCUT2D eigenvalue weighted by molar-refractivity contribution is 7.80. The number of aromatic nitrogens is 3. The fourth-order valence-electron chi connectivity index (χ4n) is 3.99. The third-order valence-electron chi connectivity index (χ3n) is 5.43. The molecule has 1 saturated carbocycles. The van der Waals surface area contributed by atoms with Crippen LogP contribution in [0.1, 0.15) is 37.1 Å². The molecule has 1 aliphatic rings. The van der Waals surface area contributed by atoms with E-state index in [0.29, 0.717) is 17.2 Å². The highest BCUT2D eigenvalue weighted by Gasteiger charge is 2.48. The summed E-state index contributed by atoms with van der Waals surface area (Å²) in [5, 5.41) is 14.2. The molecular weight excluding hydrogens is 394 g/mol. The summed E-state index contributed by atoms with van der Waals surface area (Å²) in [6.07, 6.45) is 7.29. The first-order valence-corrected chi connectivity index (χ1v) is 9.79. The Morgan fingerprint density at radius 3 is 2.93 bits per heavy atom. The number of hydrogen-bond donors (Lipinski definition) is 1. The maximum Gasteiger partial charge on any atom is 0.348 e. The van der Waals surface area contributed by atoms with E-state index in [4.69, 9.17) is 17.0 Å². The van der Waals surface area contributed by atoms with Crippen LogP contribution in [-0.4, -0.2) is 43.6 Å². The van der Waals surface area contributed by atoms with E-state index in [1.165, 1.54) is 4.57 Å². The Balaban J connectivity index is 1.89. The van der Waals surface area contributed by atoms with Crippen LogP contribution >= 0.6 is 12.2 Å². The second kappa shape index (κ2) is 8.64. The van der Waals surface area contributed by atoms with Gasteiger partial charge in [-0.15, -0.1) is 0 Å². The topological polar surface area (TPSA) is 112 Å². The fraction of sp³-hybridized carbons (Fsp3) is 0.474. The molecular formula is C19H23N5O4S. The fourth-order valence-corrected chi connectivity index (χ4v) is 4.35. The van der Waals surface area contributed by atoms with Gasteiger partial charge < -0.3 is 20.2 Å². The molecule has 1 N–H and O–H groups in total. The largest absolute Gasteiger partial charge is 0.458 e. The Hall–Kier alpha value is -2.88. The predicted molar refractivity (Wildman–Crippen MR) is 110 cm³/mol. The van der Waals surface area contributed by atoms with Crippen molar-refractivity contribution in [2.45, 2.75) is 50.7 Å². The number of carbonyl (C=O) groups is 1. The average Bonchev–Trinajstić information content (AvgIpc) is 3.09. The molecule has 0 aliphatic heterocycles. The summed E-state index contributed by atoms with van der Waals surface area (Å²) in [6.45, 7) is 1.32. The molecule has 2 atom stereocenters. The zero-order valence-corrected chi connectivity index (χ0v) is 17.1. The predicted octanol–water partition coefficient (Wildman–Crippen LogP) is 2.47. The number of likely N-dealkylation sites (N-methyl/N-ethyl adjacent to an activating group) is 1. The van der Waals surface area contributed by atoms with E-state index in [-0.39, 0.29) is 12.4 Å². The highest BCUT2D eigenvalue weighted by atomic mass is 32.1. The molecule has 0 aromatic carbocycles. The van der Waals surface area contributed by atoms with Crippen molar-refractivity contribution in [2.24, 2.45) is 0 Å². The second-order valence-corrected chi connectivity index (χ2v) is 7.43. The van der Waals surface area contributed by atoms with Crippen molar-refractivity contribution in [2.75, 3.05) is 7.05 Å². The van der Waals surface area contributed by atoms with E-state index in [0.717, 1.165) is 31.0 Å². The van der Waals surface area contributed by atoms with Gasteiger partial charge in [-0.25, -0.2) is 9.78 Å². The van der Waals surface area contributed by atoms with Gasteiger partial charge in [0.25, 0.3) is 0 Å². The Kier molecular flexibility index (Phi) is 6.21. The van der Waals surface area contributed by atoms with Gasteiger partial charge in [-0.3, -0.25) is 4.98 Å². The molecule has 10 heteroatoms. The van der Waals surface area contributed by atoms with Gasteiger partial charge in [0.1, 0.15) is 12.3 Å². The average molecular weight is 417 g/mol. The molecule has 1 aliphatic carbocycles. The number of nitro groups is 1. The summed E-state index contributed by atoms with van der Waals surface area (Å²) in [5.74, 6) is -0.429. The summed E-state index contributed by atoms with van der Waals surface area (Å²) in [7, 11) is 1.76. The molecule has 154 valence electrons. The SMILES string of the molecule is CNC(=S)C1(c2cccnc2)CCCCC1OC(=O)Cn1c([N+](=O)[O-])cnc1C. The molecule has 0 bridgehead atoms. The third kappa shape index (κ3) is 3.98. The first kappa shape index (κ1) is 20.8. The van der Waals surface area contributed by atoms with E-state index >= 15 is 0 Å². The number of nitrogens with zero attached hydrogens (tertiary/aromatic N) is 4. The number of rotatable bonds is 6. The van der Waals surface area contributed by atoms with E-state index in [2.05, 4.69) is 15.3 Å². The number of aryl methyl sites for hydroxylation is 1. The van der Waals surface area contributed by atoms with Gasteiger partial charge in [-0.1, -0.05) is 24.7 Å². The molecule has 2 heterocycles. The van der Waals surface area contributed by atoms with Gasteiger partial charge in [-0.2, -0.15) is 4.57 Å². The Morgan fingerprint density at radius 1 is 1.48 bits per heavy atom. The van der Waals surface area contributed by atoms with E-state index in [9.17, 15) is 14.9 Å². The lowest BCUT2D eigenvalue weighted by atomic mass is 9.67. The summed E-state index contributed by atoms with van der Waals surface area (Å²) in [6, 6.07) is 3.77. The third-order valence-corrected chi connectivity index (χ3v) is 6.00. The number of pyridine rings is 1. The Labute approximate surface area is 173 Å². The summed E-state index contributed by atoms with van der Waals surface area (Å²) in [5.41, 5.74) is 0.212. The quantitative estimate of drug-likeness (QED) is 0.330. The lowest BCUT2D eigenvalue weighted by Crippen LogP contribution is -2.54. The van der Waals surface area contributed by atoms with Crippen molar-refractivity contribution in [1.82, 2.24) is 19.9 Å². The van der Waals surface area contributed by atoms with E-state index in [1.807, 2.05) is 12.1 Å². The summed E-state index contributed by atoms with van der Waals surface area (Å²) >= 11 is 5.66. The second-order valence-electron chi connectivity index (χ2n) is 7.02. The molecule has 0 radical (unpaired) electrons. The van der Waals surface area contributed by atoms with Crippen molar-refractivity contribution in [3.8, 4) is 0 Å². The number of thiocarbonyl (C=S) groups is 1. The molecule has 0 amide bonds. The summed E-state index contributed by atoms with van der Waals surface area (Å²) < 4.78 is 7.13. The zero-order valence-electron chi connectivity index (χ0n) is 16.3. The van der Waals surface area contributed by atoms with Gasteiger partial charge in [0, 0.05) is 26.4 Å². The van der Waals surface area contributed by atoms with Crippen molar-refractivity contribution in [3.63, 3.8) is 0 Å². The first-order valence-electron chi connectivity index (χ1n) is 9.39. The number of hydrogen-bond acceptors (Lipinski definition) is 7. The van der Waals surface area contributed by atoms with Crippen LogP contribution in [0.2, 0.25) is 0 Å². The van der Waals surface area contributed by atoms with Gasteiger partial charge in [0.05, 0.1) is 10.4 Å². The molecule has 9 nitrogen and oxygen atoms in total. The van der Waals surface area contributed by atoms with Crippen molar-refractivity contribution < 1.29 is 14.5 Å². The van der Waals surface area contributed by atoms with Crippen LogP contribution in [0.15, 0.2) is 30.7 Å². The molecule has 29 heavy (non-hydrogen) atoms. The molecule has 2 aromatic heterocycles. The van der Waals surface area contributed by atoms with Crippen LogP contribution in [0.5, 0.6) is 0 Å². The number of ether oxygens (including phenoxy) is 1. The molecule has 2 aromatic rings. The van der Waals surface area contributed by atoms with Gasteiger partial charge in [-0.05, 0) is 35.8 Å². The molecule has 2 unspecified atom stereocenters.